The zero-order valence-corrected chi connectivity index (χ0v) is 14.0. The lowest BCUT2D eigenvalue weighted by Crippen LogP contribution is -2.12. The van der Waals surface area contributed by atoms with Crippen LogP contribution in [-0.2, 0) is 6.18 Å². The van der Waals surface area contributed by atoms with Crippen molar-refractivity contribution < 1.29 is 18.0 Å². The summed E-state index contributed by atoms with van der Waals surface area (Å²) in [5.74, 6) is -0.342. The van der Waals surface area contributed by atoms with E-state index in [2.05, 4.69) is 5.32 Å². The summed E-state index contributed by atoms with van der Waals surface area (Å²) in [6, 6.07) is 14.1. The van der Waals surface area contributed by atoms with Crippen LogP contribution in [-0.4, -0.2) is 5.91 Å². The lowest BCUT2D eigenvalue weighted by atomic mass is 10.0. The molecule has 2 aromatic carbocycles. The summed E-state index contributed by atoms with van der Waals surface area (Å²) in [5, 5.41) is 4.46. The summed E-state index contributed by atoms with van der Waals surface area (Å²) in [4.78, 5) is 13.0. The largest absolute Gasteiger partial charge is 0.416 e. The van der Waals surface area contributed by atoms with Gasteiger partial charge >= 0.3 is 6.18 Å². The van der Waals surface area contributed by atoms with Gasteiger partial charge in [-0.05, 0) is 48.2 Å². The van der Waals surface area contributed by atoms with E-state index in [1.54, 1.807) is 0 Å². The van der Waals surface area contributed by atoms with Crippen molar-refractivity contribution >= 4 is 22.9 Å². The molecule has 0 spiro atoms. The second-order valence-electron chi connectivity index (χ2n) is 5.56. The van der Waals surface area contributed by atoms with E-state index in [-0.39, 0.29) is 5.91 Å². The molecule has 1 aromatic heterocycles. The van der Waals surface area contributed by atoms with Gasteiger partial charge in [0.2, 0.25) is 0 Å². The number of benzene rings is 2. The maximum atomic E-state index is 12.6. The van der Waals surface area contributed by atoms with Crippen molar-refractivity contribution in [2.45, 2.75) is 13.1 Å². The predicted octanol–water partition coefficient (Wildman–Crippen LogP) is 5.99. The molecule has 0 saturated heterocycles. The summed E-state index contributed by atoms with van der Waals surface area (Å²) < 4.78 is 37.8. The van der Waals surface area contributed by atoms with Crippen molar-refractivity contribution in [3.8, 4) is 11.1 Å². The standard InChI is InChI=1S/C19H14F3NOS/c1-12-2-4-13(5-3-12)16-10-11-25-17(16)18(24)23-15-8-6-14(7-9-15)19(20,21)22/h2-11H,1H3,(H,23,24). The van der Waals surface area contributed by atoms with Gasteiger partial charge in [-0.15, -0.1) is 11.3 Å². The fourth-order valence-corrected chi connectivity index (χ4v) is 3.19. The van der Waals surface area contributed by atoms with Gasteiger partial charge in [0.05, 0.1) is 10.4 Å². The molecule has 0 fully saturated rings. The normalized spacial score (nSPS) is 11.4. The van der Waals surface area contributed by atoms with Gasteiger partial charge in [-0.3, -0.25) is 4.79 Å². The monoisotopic (exact) mass is 361 g/mol. The number of aryl methyl sites for hydroxylation is 1. The van der Waals surface area contributed by atoms with Gasteiger partial charge in [0.1, 0.15) is 0 Å². The Kier molecular flexibility index (Phi) is 4.63. The van der Waals surface area contributed by atoms with Crippen LogP contribution in [0.5, 0.6) is 0 Å². The van der Waals surface area contributed by atoms with E-state index in [0.717, 1.165) is 28.8 Å². The number of hydrogen-bond acceptors (Lipinski definition) is 2. The Hall–Kier alpha value is -2.60. The molecule has 0 aliphatic heterocycles. The molecule has 3 aromatic rings. The summed E-state index contributed by atoms with van der Waals surface area (Å²) >= 11 is 1.29. The van der Waals surface area contributed by atoms with Gasteiger partial charge in [0, 0.05) is 11.3 Å². The molecule has 6 heteroatoms. The molecule has 1 heterocycles. The third-order valence-electron chi connectivity index (χ3n) is 3.70. The van der Waals surface area contributed by atoms with Crippen LogP contribution in [0.4, 0.5) is 18.9 Å². The van der Waals surface area contributed by atoms with Crippen LogP contribution in [0.15, 0.2) is 60.0 Å². The van der Waals surface area contributed by atoms with E-state index in [1.165, 1.54) is 23.5 Å². The van der Waals surface area contributed by atoms with E-state index in [4.69, 9.17) is 0 Å². The van der Waals surface area contributed by atoms with Crippen molar-refractivity contribution in [3.05, 3.63) is 76.0 Å². The average molecular weight is 361 g/mol. The molecule has 0 unspecified atom stereocenters. The molecule has 0 aliphatic carbocycles. The van der Waals surface area contributed by atoms with Crippen molar-refractivity contribution in [1.82, 2.24) is 0 Å². The van der Waals surface area contributed by atoms with Crippen molar-refractivity contribution in [1.29, 1.82) is 0 Å². The first-order valence-corrected chi connectivity index (χ1v) is 8.36. The van der Waals surface area contributed by atoms with Crippen LogP contribution in [0.3, 0.4) is 0 Å². The molecule has 0 atom stereocenters. The zero-order valence-electron chi connectivity index (χ0n) is 13.2. The Bertz CT molecular complexity index is 880. The first-order chi connectivity index (χ1) is 11.8. The number of amides is 1. The topological polar surface area (TPSA) is 29.1 Å². The SMILES string of the molecule is Cc1ccc(-c2ccsc2C(=O)Nc2ccc(C(F)(F)F)cc2)cc1. The zero-order chi connectivity index (χ0) is 18.0. The third kappa shape index (κ3) is 3.91. The second kappa shape index (κ2) is 6.72. The van der Waals surface area contributed by atoms with Crippen molar-refractivity contribution in [2.75, 3.05) is 5.32 Å². The predicted molar refractivity (Wildman–Crippen MR) is 93.9 cm³/mol. The van der Waals surface area contributed by atoms with Crippen molar-refractivity contribution in [3.63, 3.8) is 0 Å². The maximum absolute atomic E-state index is 12.6. The first kappa shape index (κ1) is 17.2. The molecule has 2 nitrogen and oxygen atoms in total. The summed E-state index contributed by atoms with van der Waals surface area (Å²) in [7, 11) is 0. The highest BCUT2D eigenvalue weighted by Gasteiger charge is 2.30. The smallest absolute Gasteiger partial charge is 0.321 e. The van der Waals surface area contributed by atoms with Crippen LogP contribution < -0.4 is 5.32 Å². The number of nitrogens with one attached hydrogen (secondary N) is 1. The van der Waals surface area contributed by atoms with E-state index >= 15 is 0 Å². The molecule has 1 N–H and O–H groups in total. The number of rotatable bonds is 3. The van der Waals surface area contributed by atoms with Gasteiger partial charge in [-0.25, -0.2) is 0 Å². The van der Waals surface area contributed by atoms with E-state index in [0.29, 0.717) is 10.6 Å². The van der Waals surface area contributed by atoms with Crippen LogP contribution in [0.1, 0.15) is 20.8 Å². The minimum Gasteiger partial charge on any atom is -0.321 e. The molecule has 128 valence electrons. The lowest BCUT2D eigenvalue weighted by molar-refractivity contribution is -0.137. The Morgan fingerprint density at radius 1 is 0.960 bits per heavy atom. The van der Waals surface area contributed by atoms with Gasteiger partial charge in [0.15, 0.2) is 0 Å². The Morgan fingerprint density at radius 3 is 2.20 bits per heavy atom. The Labute approximate surface area is 146 Å². The molecule has 0 bridgehead atoms. The number of thiophene rings is 1. The molecular weight excluding hydrogens is 347 g/mol. The molecule has 0 aliphatic rings. The van der Waals surface area contributed by atoms with E-state index < -0.39 is 11.7 Å². The minimum absolute atomic E-state index is 0.321. The molecule has 0 saturated carbocycles. The first-order valence-electron chi connectivity index (χ1n) is 7.48. The van der Waals surface area contributed by atoms with Crippen molar-refractivity contribution in [2.24, 2.45) is 0 Å². The second-order valence-corrected chi connectivity index (χ2v) is 6.47. The molecule has 25 heavy (non-hydrogen) atoms. The number of carbonyl (C=O) groups is 1. The third-order valence-corrected chi connectivity index (χ3v) is 4.62. The summed E-state index contributed by atoms with van der Waals surface area (Å²) in [6.45, 7) is 1.98. The van der Waals surface area contributed by atoms with Gasteiger partial charge in [-0.1, -0.05) is 29.8 Å². The highest BCUT2D eigenvalue weighted by molar-refractivity contribution is 7.12. The van der Waals surface area contributed by atoms with Crippen LogP contribution >= 0.6 is 11.3 Å². The minimum atomic E-state index is -4.39. The Morgan fingerprint density at radius 2 is 1.60 bits per heavy atom. The number of alkyl halides is 3. The molecular formula is C19H14F3NOS. The molecule has 1 amide bonds. The number of anilines is 1. The van der Waals surface area contributed by atoms with Gasteiger partial charge in [-0.2, -0.15) is 13.2 Å². The highest BCUT2D eigenvalue weighted by Crippen LogP contribution is 2.31. The van der Waals surface area contributed by atoms with E-state index in [9.17, 15) is 18.0 Å². The number of hydrogen-bond donors (Lipinski definition) is 1. The van der Waals surface area contributed by atoms with Crippen LogP contribution in [0.2, 0.25) is 0 Å². The Balaban J connectivity index is 1.81. The highest BCUT2D eigenvalue weighted by atomic mass is 32.1. The molecule has 0 radical (unpaired) electrons. The number of halogens is 3. The fraction of sp³-hybridized carbons (Fsp3) is 0.105. The average Bonchev–Trinajstić information content (AvgIpc) is 3.05. The fourth-order valence-electron chi connectivity index (χ4n) is 2.38. The summed E-state index contributed by atoms with van der Waals surface area (Å²) in [6.07, 6.45) is -4.39. The summed E-state index contributed by atoms with van der Waals surface area (Å²) in [5.41, 5.74) is 2.41. The van der Waals surface area contributed by atoms with Gasteiger partial charge in [0.25, 0.3) is 5.91 Å². The maximum Gasteiger partial charge on any atom is 0.416 e. The number of carbonyl (C=O) groups excluding carboxylic acids is 1. The quantitative estimate of drug-likeness (QED) is 0.609. The lowest BCUT2D eigenvalue weighted by Gasteiger charge is -2.09. The van der Waals surface area contributed by atoms with Crippen LogP contribution in [0.25, 0.3) is 11.1 Å². The van der Waals surface area contributed by atoms with E-state index in [1.807, 2.05) is 42.6 Å². The van der Waals surface area contributed by atoms with Crippen LogP contribution in [0, 0.1) is 6.92 Å². The van der Waals surface area contributed by atoms with Gasteiger partial charge < -0.3 is 5.32 Å². The molecule has 3 rings (SSSR count).